The molecule has 4 rings (SSSR count). The molecular weight excluding hydrogens is 394 g/mol. The van der Waals surface area contributed by atoms with Gasteiger partial charge in [-0.2, -0.15) is 0 Å². The lowest BCUT2D eigenvalue weighted by Crippen LogP contribution is -2.35. The molecule has 1 aliphatic heterocycles. The summed E-state index contributed by atoms with van der Waals surface area (Å²) in [6, 6.07) is 13.8. The van der Waals surface area contributed by atoms with Gasteiger partial charge >= 0.3 is 0 Å². The summed E-state index contributed by atoms with van der Waals surface area (Å²) in [5, 5.41) is 3.51. The van der Waals surface area contributed by atoms with Crippen molar-refractivity contribution in [2.75, 3.05) is 12.3 Å². The standard InChI is InChI=1S/C21H18ClN3O2S/c22-19-8-14(16-9-23-13-24-10-16)6-15-7-17(27-21(15)19)11-25-20(26)12-28-18-4-2-1-3-5-18/h1-6,8-10,13,17H,7,11-12H2,(H,25,26)/t17-/m0/s1. The summed E-state index contributed by atoms with van der Waals surface area (Å²) < 4.78 is 5.96. The summed E-state index contributed by atoms with van der Waals surface area (Å²) in [5.41, 5.74) is 2.89. The van der Waals surface area contributed by atoms with Gasteiger partial charge in [0.25, 0.3) is 0 Å². The van der Waals surface area contributed by atoms with E-state index in [0.29, 0.717) is 29.5 Å². The van der Waals surface area contributed by atoms with Crippen LogP contribution in [0.1, 0.15) is 5.56 Å². The Balaban J connectivity index is 1.33. The van der Waals surface area contributed by atoms with E-state index in [0.717, 1.165) is 21.6 Å². The van der Waals surface area contributed by atoms with E-state index in [-0.39, 0.29) is 12.0 Å². The zero-order valence-electron chi connectivity index (χ0n) is 15.0. The van der Waals surface area contributed by atoms with Crippen molar-refractivity contribution < 1.29 is 9.53 Å². The van der Waals surface area contributed by atoms with Crippen molar-refractivity contribution in [1.82, 2.24) is 15.3 Å². The molecule has 0 aliphatic carbocycles. The van der Waals surface area contributed by atoms with Crippen molar-refractivity contribution in [2.45, 2.75) is 17.4 Å². The predicted octanol–water partition coefficient (Wildman–Crippen LogP) is 4.01. The van der Waals surface area contributed by atoms with Crippen LogP contribution in [0.3, 0.4) is 0 Å². The first-order chi connectivity index (χ1) is 13.7. The molecule has 142 valence electrons. The first-order valence-corrected chi connectivity index (χ1v) is 10.2. The number of hydrogen-bond donors (Lipinski definition) is 1. The van der Waals surface area contributed by atoms with E-state index in [2.05, 4.69) is 15.3 Å². The average molecular weight is 412 g/mol. The molecule has 0 saturated carbocycles. The van der Waals surface area contributed by atoms with Crippen LogP contribution in [0.5, 0.6) is 5.75 Å². The fourth-order valence-electron chi connectivity index (χ4n) is 3.06. The third-order valence-corrected chi connectivity index (χ3v) is 5.68. The molecule has 0 unspecified atom stereocenters. The topological polar surface area (TPSA) is 64.1 Å². The Morgan fingerprint density at radius 3 is 2.75 bits per heavy atom. The number of thioether (sulfide) groups is 1. The maximum Gasteiger partial charge on any atom is 0.230 e. The third-order valence-electron chi connectivity index (χ3n) is 4.39. The number of fused-ring (bicyclic) bond motifs is 1. The zero-order valence-corrected chi connectivity index (χ0v) is 16.5. The maximum absolute atomic E-state index is 12.1. The second-order valence-corrected chi connectivity index (χ2v) is 7.88. The van der Waals surface area contributed by atoms with E-state index < -0.39 is 0 Å². The Kier molecular flexibility index (Phi) is 5.78. The molecule has 0 spiro atoms. The minimum atomic E-state index is -0.125. The largest absolute Gasteiger partial charge is 0.486 e. The summed E-state index contributed by atoms with van der Waals surface area (Å²) in [5.74, 6) is 1.06. The summed E-state index contributed by atoms with van der Waals surface area (Å²) in [4.78, 5) is 21.3. The summed E-state index contributed by atoms with van der Waals surface area (Å²) in [6.45, 7) is 0.447. The predicted molar refractivity (Wildman–Crippen MR) is 111 cm³/mol. The van der Waals surface area contributed by atoms with Crippen LogP contribution in [0.4, 0.5) is 0 Å². The second kappa shape index (κ2) is 8.63. The molecule has 1 aromatic heterocycles. The van der Waals surface area contributed by atoms with Gasteiger partial charge in [-0.25, -0.2) is 9.97 Å². The van der Waals surface area contributed by atoms with E-state index in [1.165, 1.54) is 18.1 Å². The van der Waals surface area contributed by atoms with Crippen molar-refractivity contribution in [3.8, 4) is 16.9 Å². The van der Waals surface area contributed by atoms with Gasteiger partial charge in [0.05, 0.1) is 17.3 Å². The van der Waals surface area contributed by atoms with Crippen LogP contribution in [0.15, 0.2) is 66.1 Å². The van der Waals surface area contributed by atoms with Gasteiger partial charge in [-0.05, 0) is 29.8 Å². The lowest BCUT2D eigenvalue weighted by molar-refractivity contribution is -0.118. The molecule has 1 atom stereocenters. The van der Waals surface area contributed by atoms with Gasteiger partial charge in [-0.15, -0.1) is 11.8 Å². The number of benzene rings is 2. The highest BCUT2D eigenvalue weighted by Gasteiger charge is 2.26. The van der Waals surface area contributed by atoms with Crippen LogP contribution >= 0.6 is 23.4 Å². The number of ether oxygens (including phenoxy) is 1. The van der Waals surface area contributed by atoms with Crippen molar-refractivity contribution in [1.29, 1.82) is 0 Å². The van der Waals surface area contributed by atoms with Crippen LogP contribution in [0, 0.1) is 0 Å². The summed E-state index contributed by atoms with van der Waals surface area (Å²) in [6.07, 6.45) is 5.57. The molecule has 28 heavy (non-hydrogen) atoms. The third kappa shape index (κ3) is 4.46. The molecule has 1 amide bonds. The summed E-state index contributed by atoms with van der Waals surface area (Å²) >= 11 is 7.93. The molecule has 2 aromatic carbocycles. The minimum Gasteiger partial charge on any atom is -0.486 e. The molecule has 0 bridgehead atoms. The highest BCUT2D eigenvalue weighted by Crippen LogP contribution is 2.39. The number of carbonyl (C=O) groups is 1. The van der Waals surface area contributed by atoms with Crippen LogP contribution in [-0.4, -0.2) is 34.3 Å². The Bertz CT molecular complexity index is 970. The zero-order chi connectivity index (χ0) is 19.3. The first-order valence-electron chi connectivity index (χ1n) is 8.88. The molecule has 1 aliphatic rings. The number of carbonyl (C=O) groups excluding carboxylic acids is 1. The average Bonchev–Trinajstić information content (AvgIpc) is 3.16. The number of aromatic nitrogens is 2. The lowest BCUT2D eigenvalue weighted by atomic mass is 10.0. The maximum atomic E-state index is 12.1. The number of nitrogens with one attached hydrogen (secondary N) is 1. The fourth-order valence-corrected chi connectivity index (χ4v) is 4.09. The number of hydrogen-bond acceptors (Lipinski definition) is 5. The quantitative estimate of drug-likeness (QED) is 0.621. The Labute approximate surface area is 172 Å². The lowest BCUT2D eigenvalue weighted by Gasteiger charge is -2.12. The summed E-state index contributed by atoms with van der Waals surface area (Å²) in [7, 11) is 0. The second-order valence-electron chi connectivity index (χ2n) is 6.42. The van der Waals surface area contributed by atoms with Gasteiger partial charge in [-0.3, -0.25) is 4.79 Å². The van der Waals surface area contributed by atoms with E-state index >= 15 is 0 Å². The highest BCUT2D eigenvalue weighted by atomic mass is 35.5. The Morgan fingerprint density at radius 1 is 1.18 bits per heavy atom. The van der Waals surface area contributed by atoms with E-state index in [1.807, 2.05) is 42.5 Å². The van der Waals surface area contributed by atoms with Crippen LogP contribution < -0.4 is 10.1 Å². The van der Waals surface area contributed by atoms with Crippen molar-refractivity contribution in [3.63, 3.8) is 0 Å². The molecule has 3 aromatic rings. The number of nitrogens with zero attached hydrogens (tertiary/aromatic N) is 2. The molecular formula is C21H18ClN3O2S. The van der Waals surface area contributed by atoms with Crippen LogP contribution in [0.25, 0.3) is 11.1 Å². The number of halogens is 1. The number of amides is 1. The fraction of sp³-hybridized carbons (Fsp3) is 0.190. The Hall–Kier alpha value is -2.57. The van der Waals surface area contributed by atoms with Gasteiger partial charge in [0.15, 0.2) is 0 Å². The van der Waals surface area contributed by atoms with Crippen LogP contribution in [-0.2, 0) is 11.2 Å². The van der Waals surface area contributed by atoms with Gasteiger partial charge in [0.2, 0.25) is 5.91 Å². The van der Waals surface area contributed by atoms with Crippen LogP contribution in [0.2, 0.25) is 5.02 Å². The molecule has 7 heteroatoms. The van der Waals surface area contributed by atoms with Gasteiger partial charge in [0, 0.05) is 34.8 Å². The molecule has 0 saturated heterocycles. The van der Waals surface area contributed by atoms with Crippen molar-refractivity contribution in [3.05, 3.63) is 71.8 Å². The SMILES string of the molecule is O=C(CSc1ccccc1)NC[C@@H]1Cc2cc(-c3cncnc3)cc(Cl)c2O1. The van der Waals surface area contributed by atoms with Crippen molar-refractivity contribution >= 4 is 29.3 Å². The molecule has 2 heterocycles. The molecule has 0 fully saturated rings. The van der Waals surface area contributed by atoms with Crippen molar-refractivity contribution in [2.24, 2.45) is 0 Å². The first kappa shape index (κ1) is 18.8. The van der Waals surface area contributed by atoms with Gasteiger partial charge in [0.1, 0.15) is 18.2 Å². The van der Waals surface area contributed by atoms with Gasteiger partial charge < -0.3 is 10.1 Å². The Morgan fingerprint density at radius 2 is 1.96 bits per heavy atom. The monoisotopic (exact) mass is 411 g/mol. The number of rotatable bonds is 6. The van der Waals surface area contributed by atoms with E-state index in [1.54, 1.807) is 12.4 Å². The smallest absolute Gasteiger partial charge is 0.230 e. The molecule has 1 N–H and O–H groups in total. The van der Waals surface area contributed by atoms with Gasteiger partial charge in [-0.1, -0.05) is 29.8 Å². The van der Waals surface area contributed by atoms with E-state index in [9.17, 15) is 4.79 Å². The normalized spacial score (nSPS) is 15.0. The highest BCUT2D eigenvalue weighted by molar-refractivity contribution is 8.00. The van der Waals surface area contributed by atoms with E-state index in [4.69, 9.17) is 16.3 Å². The molecule has 5 nitrogen and oxygen atoms in total. The molecule has 0 radical (unpaired) electrons. The minimum absolute atomic E-state index is 0.0124.